The number of aromatic nitrogens is 1. The van der Waals surface area contributed by atoms with Gasteiger partial charge in [0.2, 0.25) is 0 Å². The van der Waals surface area contributed by atoms with Crippen molar-refractivity contribution < 1.29 is 64.3 Å². The Morgan fingerprint density at radius 2 is 1.92 bits per heavy atom. The molecule has 1 aromatic heterocycles. The van der Waals surface area contributed by atoms with Crippen molar-refractivity contribution in [3.05, 3.63) is 29.6 Å². The summed E-state index contributed by atoms with van der Waals surface area (Å²) in [6.07, 6.45) is 1.95. The van der Waals surface area contributed by atoms with Crippen molar-refractivity contribution in [2.24, 2.45) is 0 Å². The van der Waals surface area contributed by atoms with Gasteiger partial charge in [0.1, 0.15) is 0 Å². The van der Waals surface area contributed by atoms with Crippen molar-refractivity contribution in [1.82, 2.24) is 4.98 Å². The van der Waals surface area contributed by atoms with E-state index in [9.17, 15) is 12.9 Å². The standard InChI is InChI=1S/C7H8BF3N.K/c1-6-2-7(5-12-4-6)3-8(9,10)11;/h2,4-5H,3H2,1H3;/q-1;+1. The van der Waals surface area contributed by atoms with Crippen LogP contribution in [0.25, 0.3) is 0 Å². The van der Waals surface area contributed by atoms with Crippen molar-refractivity contribution in [1.29, 1.82) is 0 Å². The maximum Gasteiger partial charge on any atom is 1.00 e. The van der Waals surface area contributed by atoms with Gasteiger partial charge in [-0.3, -0.25) is 4.98 Å². The van der Waals surface area contributed by atoms with Gasteiger partial charge < -0.3 is 12.9 Å². The molecule has 0 saturated carbocycles. The van der Waals surface area contributed by atoms with Crippen LogP contribution in [0, 0.1) is 6.92 Å². The second-order valence-corrected chi connectivity index (χ2v) is 2.79. The molecule has 0 spiro atoms. The summed E-state index contributed by atoms with van der Waals surface area (Å²) in [5.41, 5.74) is 0.995. The van der Waals surface area contributed by atoms with Crippen LogP contribution < -0.4 is 51.4 Å². The Labute approximate surface area is 118 Å². The minimum absolute atomic E-state index is 0. The van der Waals surface area contributed by atoms with Gasteiger partial charge in [-0.1, -0.05) is 17.9 Å². The molecular formula is C7H8BF3KN. The third-order valence-corrected chi connectivity index (χ3v) is 1.40. The Balaban J connectivity index is 0.00000144. The van der Waals surface area contributed by atoms with E-state index in [4.69, 9.17) is 0 Å². The Kier molecular flexibility index (Phi) is 5.78. The van der Waals surface area contributed by atoms with Gasteiger partial charge in [-0.25, -0.2) is 0 Å². The van der Waals surface area contributed by atoms with E-state index >= 15 is 0 Å². The van der Waals surface area contributed by atoms with Gasteiger partial charge in [0.25, 0.3) is 0 Å². The molecule has 66 valence electrons. The van der Waals surface area contributed by atoms with Gasteiger partial charge in [-0.2, -0.15) is 0 Å². The van der Waals surface area contributed by atoms with Gasteiger partial charge in [0, 0.05) is 12.4 Å². The molecule has 6 heteroatoms. The fourth-order valence-corrected chi connectivity index (χ4v) is 0.996. The van der Waals surface area contributed by atoms with E-state index in [1.165, 1.54) is 18.5 Å². The molecule has 0 saturated heterocycles. The number of nitrogens with zero attached hydrogens (tertiary/aromatic N) is 1. The van der Waals surface area contributed by atoms with Crippen LogP contribution in [0.4, 0.5) is 12.9 Å². The van der Waals surface area contributed by atoms with Gasteiger partial charge in [0.05, 0.1) is 0 Å². The van der Waals surface area contributed by atoms with Crippen LogP contribution in [0.5, 0.6) is 0 Å². The predicted octanol–water partition coefficient (Wildman–Crippen LogP) is -0.677. The van der Waals surface area contributed by atoms with E-state index in [-0.39, 0.29) is 56.9 Å². The van der Waals surface area contributed by atoms with E-state index in [0.29, 0.717) is 0 Å². The van der Waals surface area contributed by atoms with E-state index in [2.05, 4.69) is 4.98 Å². The zero-order valence-corrected chi connectivity index (χ0v) is 10.7. The van der Waals surface area contributed by atoms with Crippen LogP contribution in [0.1, 0.15) is 11.1 Å². The maximum absolute atomic E-state index is 11.9. The molecule has 13 heavy (non-hydrogen) atoms. The molecule has 1 aromatic rings. The van der Waals surface area contributed by atoms with Crippen molar-refractivity contribution in [3.63, 3.8) is 0 Å². The largest absolute Gasteiger partial charge is 1.00 e. The third kappa shape index (κ3) is 5.85. The summed E-state index contributed by atoms with van der Waals surface area (Å²) in [4.78, 5) is 3.68. The normalized spacial score (nSPS) is 10.8. The second kappa shape index (κ2) is 5.50. The Hall–Kier alpha value is 0.641. The van der Waals surface area contributed by atoms with Crippen molar-refractivity contribution in [3.8, 4) is 0 Å². The molecule has 1 nitrogen and oxygen atoms in total. The number of rotatable bonds is 2. The number of halogens is 3. The molecule has 1 rings (SSSR count). The van der Waals surface area contributed by atoms with Crippen LogP contribution >= 0.6 is 0 Å². The van der Waals surface area contributed by atoms with E-state index in [0.717, 1.165) is 5.56 Å². The van der Waals surface area contributed by atoms with E-state index < -0.39 is 13.3 Å². The van der Waals surface area contributed by atoms with Gasteiger partial charge in [-0.05, 0) is 12.5 Å². The Bertz CT molecular complexity index is 277. The molecular weight excluding hydrogens is 205 g/mol. The molecule has 0 fully saturated rings. The van der Waals surface area contributed by atoms with Crippen LogP contribution in [-0.2, 0) is 6.32 Å². The molecule has 0 unspecified atom stereocenters. The molecule has 0 aromatic carbocycles. The molecule has 0 aliphatic carbocycles. The average molecular weight is 213 g/mol. The molecule has 0 radical (unpaired) electrons. The van der Waals surface area contributed by atoms with Crippen LogP contribution in [0.15, 0.2) is 18.5 Å². The quantitative estimate of drug-likeness (QED) is 0.593. The van der Waals surface area contributed by atoms with Gasteiger partial charge in [-0.15, -0.1) is 0 Å². The van der Waals surface area contributed by atoms with Crippen LogP contribution in [0.3, 0.4) is 0 Å². The molecule has 1 heterocycles. The van der Waals surface area contributed by atoms with Crippen LogP contribution in [0.2, 0.25) is 0 Å². The summed E-state index contributed by atoms with van der Waals surface area (Å²) in [5.74, 6) is 0. The number of aryl methyl sites for hydroxylation is 1. The first-order chi connectivity index (χ1) is 5.47. The first kappa shape index (κ1) is 13.6. The molecule has 0 aliphatic heterocycles. The minimum atomic E-state index is -4.74. The smallest absolute Gasteiger partial charge is 0.449 e. The van der Waals surface area contributed by atoms with Crippen molar-refractivity contribution in [2.75, 3.05) is 0 Å². The number of hydrogen-bond acceptors (Lipinski definition) is 1. The average Bonchev–Trinajstić information content (AvgIpc) is 1.82. The minimum Gasteiger partial charge on any atom is -0.449 e. The summed E-state index contributed by atoms with van der Waals surface area (Å²) < 4.78 is 35.7. The topological polar surface area (TPSA) is 12.9 Å². The number of hydrogen-bond donors (Lipinski definition) is 0. The van der Waals surface area contributed by atoms with E-state index in [1.807, 2.05) is 0 Å². The summed E-state index contributed by atoms with van der Waals surface area (Å²) in [6.45, 7) is -3.01. The van der Waals surface area contributed by atoms with Gasteiger partial charge >= 0.3 is 58.4 Å². The summed E-state index contributed by atoms with van der Waals surface area (Å²) in [6, 6.07) is 1.50. The zero-order chi connectivity index (χ0) is 9.19. The summed E-state index contributed by atoms with van der Waals surface area (Å²) in [5, 5.41) is 0. The molecule has 0 amide bonds. The molecule has 0 bridgehead atoms. The molecule has 0 aliphatic rings. The van der Waals surface area contributed by atoms with Crippen molar-refractivity contribution >= 4 is 6.98 Å². The Morgan fingerprint density at radius 3 is 2.38 bits per heavy atom. The van der Waals surface area contributed by atoms with Crippen molar-refractivity contribution in [2.45, 2.75) is 13.2 Å². The monoisotopic (exact) mass is 213 g/mol. The summed E-state index contributed by atoms with van der Waals surface area (Å²) >= 11 is 0. The maximum atomic E-state index is 11.9. The zero-order valence-electron chi connectivity index (χ0n) is 7.60. The first-order valence-corrected chi connectivity index (χ1v) is 3.59. The van der Waals surface area contributed by atoms with E-state index in [1.54, 1.807) is 6.92 Å². The fraction of sp³-hybridized carbons (Fsp3) is 0.286. The Morgan fingerprint density at radius 1 is 1.31 bits per heavy atom. The molecule has 0 N–H and O–H groups in total. The first-order valence-electron chi connectivity index (χ1n) is 3.59. The predicted molar refractivity (Wildman–Crippen MR) is 41.8 cm³/mol. The SMILES string of the molecule is Cc1cncc(C[B-](F)(F)F)c1.[K+]. The van der Waals surface area contributed by atoms with Gasteiger partial charge in [0.15, 0.2) is 0 Å². The number of pyridine rings is 1. The van der Waals surface area contributed by atoms with Crippen LogP contribution in [-0.4, -0.2) is 12.0 Å². The fourth-order valence-electron chi connectivity index (χ4n) is 0.996. The third-order valence-electron chi connectivity index (χ3n) is 1.40. The summed E-state index contributed by atoms with van der Waals surface area (Å²) in [7, 11) is 0. The molecule has 0 atom stereocenters. The second-order valence-electron chi connectivity index (χ2n) is 2.79.